The highest BCUT2D eigenvalue weighted by Gasteiger charge is 1.97. The van der Waals surface area contributed by atoms with Gasteiger partial charge in [-0.3, -0.25) is 0 Å². The number of hydrogen-bond acceptors (Lipinski definition) is 2. The Labute approximate surface area is 91.7 Å². The minimum Gasteiger partial charge on any atom is -0.192 e. The predicted octanol–water partition coefficient (Wildman–Crippen LogP) is 2.87. The van der Waals surface area contributed by atoms with Crippen LogP contribution in [0.3, 0.4) is 0 Å². The first-order valence-corrected chi connectivity index (χ1v) is 4.35. The largest absolute Gasteiger partial charge is 0.192 e. The number of nitrogens with zero attached hydrogens (tertiary/aromatic N) is 4. The SMILES string of the molecule is N#Cc1ccc(Cl)c(C#CCN=[N+]=[N-])c1. The van der Waals surface area contributed by atoms with Crippen molar-refractivity contribution in [3.05, 3.63) is 44.8 Å². The van der Waals surface area contributed by atoms with Gasteiger partial charge in [-0.1, -0.05) is 28.6 Å². The Kier molecular flexibility index (Phi) is 4.06. The van der Waals surface area contributed by atoms with Gasteiger partial charge in [-0.2, -0.15) is 5.26 Å². The Bertz CT molecular complexity index is 512. The van der Waals surface area contributed by atoms with E-state index >= 15 is 0 Å². The molecule has 1 rings (SSSR count). The van der Waals surface area contributed by atoms with Crippen LogP contribution in [0.2, 0.25) is 5.02 Å². The first-order chi connectivity index (χ1) is 7.27. The van der Waals surface area contributed by atoms with Crippen molar-refractivity contribution in [2.45, 2.75) is 0 Å². The van der Waals surface area contributed by atoms with Gasteiger partial charge in [-0.25, -0.2) is 0 Å². The Morgan fingerprint density at radius 1 is 1.53 bits per heavy atom. The maximum atomic E-state index is 8.65. The van der Waals surface area contributed by atoms with Crippen LogP contribution in [0, 0.1) is 23.2 Å². The Hall–Kier alpha value is -2.13. The molecule has 72 valence electrons. The molecule has 0 aromatic heterocycles. The van der Waals surface area contributed by atoms with Crippen LogP contribution in [0.4, 0.5) is 0 Å². The maximum absolute atomic E-state index is 8.65. The van der Waals surface area contributed by atoms with Crippen LogP contribution in [0.5, 0.6) is 0 Å². The maximum Gasteiger partial charge on any atom is 0.0992 e. The second kappa shape index (κ2) is 5.57. The molecule has 0 saturated carbocycles. The van der Waals surface area contributed by atoms with E-state index in [-0.39, 0.29) is 6.54 Å². The van der Waals surface area contributed by atoms with Crippen molar-refractivity contribution < 1.29 is 0 Å². The van der Waals surface area contributed by atoms with Crippen LogP contribution in [-0.4, -0.2) is 6.54 Å². The molecule has 1 aromatic carbocycles. The van der Waals surface area contributed by atoms with Crippen molar-refractivity contribution in [3.8, 4) is 17.9 Å². The molecular weight excluding hydrogens is 212 g/mol. The van der Waals surface area contributed by atoms with Crippen LogP contribution in [0.15, 0.2) is 23.3 Å². The van der Waals surface area contributed by atoms with Gasteiger partial charge < -0.3 is 0 Å². The van der Waals surface area contributed by atoms with E-state index in [0.717, 1.165) is 0 Å². The fraction of sp³-hybridized carbons (Fsp3) is 0.100. The van der Waals surface area contributed by atoms with Crippen molar-refractivity contribution in [1.82, 2.24) is 0 Å². The zero-order valence-corrected chi connectivity index (χ0v) is 8.36. The Morgan fingerprint density at radius 2 is 2.33 bits per heavy atom. The molecule has 0 aliphatic heterocycles. The van der Waals surface area contributed by atoms with Gasteiger partial charge in [0.25, 0.3) is 0 Å². The molecule has 0 bridgehead atoms. The number of halogens is 1. The third kappa shape index (κ3) is 3.25. The van der Waals surface area contributed by atoms with E-state index in [1.165, 1.54) is 0 Å². The lowest BCUT2D eigenvalue weighted by Crippen LogP contribution is -1.81. The molecule has 4 nitrogen and oxygen atoms in total. The topological polar surface area (TPSA) is 72.5 Å². The molecule has 0 amide bonds. The minimum atomic E-state index is 0.0869. The van der Waals surface area contributed by atoms with Crippen LogP contribution < -0.4 is 0 Å². The number of azide groups is 1. The van der Waals surface area contributed by atoms with E-state index in [9.17, 15) is 0 Å². The third-order valence-corrected chi connectivity index (χ3v) is 1.86. The van der Waals surface area contributed by atoms with Gasteiger partial charge in [-0.15, -0.1) is 0 Å². The average Bonchev–Trinajstić information content (AvgIpc) is 2.26. The summed E-state index contributed by atoms with van der Waals surface area (Å²) in [5.74, 6) is 5.36. The minimum absolute atomic E-state index is 0.0869. The summed E-state index contributed by atoms with van der Waals surface area (Å²) >= 11 is 5.85. The summed E-state index contributed by atoms with van der Waals surface area (Å²) in [5, 5.41) is 12.4. The molecule has 0 aliphatic rings. The molecule has 0 spiro atoms. The number of hydrogen-bond donors (Lipinski definition) is 0. The van der Waals surface area contributed by atoms with Gasteiger partial charge in [-0.05, 0) is 23.7 Å². The lowest BCUT2D eigenvalue weighted by molar-refractivity contribution is 1.25. The lowest BCUT2D eigenvalue weighted by atomic mass is 10.1. The van der Waals surface area contributed by atoms with Crippen LogP contribution in [0.1, 0.15) is 11.1 Å². The zero-order valence-electron chi connectivity index (χ0n) is 7.61. The van der Waals surface area contributed by atoms with Crippen molar-refractivity contribution in [2.75, 3.05) is 6.54 Å². The highest BCUT2D eigenvalue weighted by Crippen LogP contribution is 2.15. The quantitative estimate of drug-likeness (QED) is 0.308. The third-order valence-electron chi connectivity index (χ3n) is 1.53. The summed E-state index contributed by atoms with van der Waals surface area (Å²) in [5.41, 5.74) is 9.07. The van der Waals surface area contributed by atoms with Gasteiger partial charge in [0.1, 0.15) is 0 Å². The van der Waals surface area contributed by atoms with Crippen LogP contribution in [-0.2, 0) is 0 Å². The predicted molar refractivity (Wildman–Crippen MR) is 57.1 cm³/mol. The molecule has 0 unspecified atom stereocenters. The summed E-state index contributed by atoms with van der Waals surface area (Å²) in [6.45, 7) is 0.0869. The van der Waals surface area contributed by atoms with Crippen molar-refractivity contribution in [1.29, 1.82) is 5.26 Å². The summed E-state index contributed by atoms with van der Waals surface area (Å²) < 4.78 is 0. The van der Waals surface area contributed by atoms with E-state index in [0.29, 0.717) is 16.1 Å². The highest BCUT2D eigenvalue weighted by atomic mass is 35.5. The smallest absolute Gasteiger partial charge is 0.0992 e. The highest BCUT2D eigenvalue weighted by molar-refractivity contribution is 6.31. The normalized spacial score (nSPS) is 8.00. The van der Waals surface area contributed by atoms with Gasteiger partial charge in [0.2, 0.25) is 0 Å². The van der Waals surface area contributed by atoms with Gasteiger partial charge in [0.05, 0.1) is 23.2 Å². The summed E-state index contributed by atoms with van der Waals surface area (Å²) in [6.07, 6.45) is 0. The van der Waals surface area contributed by atoms with Gasteiger partial charge in [0, 0.05) is 10.5 Å². The van der Waals surface area contributed by atoms with E-state index in [1.54, 1.807) is 18.2 Å². The van der Waals surface area contributed by atoms with E-state index in [2.05, 4.69) is 21.9 Å². The number of benzene rings is 1. The lowest BCUT2D eigenvalue weighted by Gasteiger charge is -1.95. The average molecular weight is 217 g/mol. The van der Waals surface area contributed by atoms with E-state index < -0.39 is 0 Å². The van der Waals surface area contributed by atoms with E-state index in [4.69, 9.17) is 22.4 Å². The molecule has 1 aromatic rings. The standard InChI is InChI=1S/C10H5ClN4/c11-10-4-3-8(7-12)6-9(10)2-1-5-14-15-13/h3-4,6H,5H2. The first-order valence-electron chi connectivity index (χ1n) is 3.97. The summed E-state index contributed by atoms with van der Waals surface area (Å²) in [7, 11) is 0. The van der Waals surface area contributed by atoms with Crippen molar-refractivity contribution in [3.63, 3.8) is 0 Å². The molecule has 0 radical (unpaired) electrons. The molecule has 0 heterocycles. The van der Waals surface area contributed by atoms with Crippen molar-refractivity contribution >= 4 is 11.6 Å². The van der Waals surface area contributed by atoms with Gasteiger partial charge in [0.15, 0.2) is 0 Å². The summed E-state index contributed by atoms with van der Waals surface area (Å²) in [6, 6.07) is 6.80. The van der Waals surface area contributed by atoms with E-state index in [1.807, 2.05) is 6.07 Å². The van der Waals surface area contributed by atoms with Gasteiger partial charge >= 0.3 is 0 Å². The fourth-order valence-corrected chi connectivity index (χ4v) is 1.06. The zero-order chi connectivity index (χ0) is 11.1. The molecule has 0 saturated heterocycles. The van der Waals surface area contributed by atoms with Crippen LogP contribution in [0.25, 0.3) is 10.4 Å². The molecule has 0 aliphatic carbocycles. The van der Waals surface area contributed by atoms with Crippen molar-refractivity contribution in [2.24, 2.45) is 5.11 Å². The van der Waals surface area contributed by atoms with Crippen LogP contribution >= 0.6 is 11.6 Å². The number of nitriles is 1. The summed E-state index contributed by atoms with van der Waals surface area (Å²) in [4.78, 5) is 2.56. The molecule has 0 N–H and O–H groups in total. The fourth-order valence-electron chi connectivity index (χ4n) is 0.892. The molecule has 5 heteroatoms. The Morgan fingerprint density at radius 3 is 3.00 bits per heavy atom. The molecule has 0 atom stereocenters. The monoisotopic (exact) mass is 216 g/mol. The molecule has 15 heavy (non-hydrogen) atoms. The second-order valence-electron chi connectivity index (χ2n) is 2.50. The molecule has 0 fully saturated rings. The molecular formula is C10H5ClN4. The number of rotatable bonds is 1. The first kappa shape index (κ1) is 10.9. The second-order valence-corrected chi connectivity index (χ2v) is 2.90. The Balaban J connectivity index is 2.97.